The Morgan fingerprint density at radius 1 is 1.08 bits per heavy atom. The first kappa shape index (κ1) is 20.6. The third-order valence-electron chi connectivity index (χ3n) is 5.51. The molecule has 6 nitrogen and oxygen atoms in total. The molecule has 7 heteroatoms. The van der Waals surface area contributed by atoms with Crippen molar-refractivity contribution in [2.75, 3.05) is 45.0 Å². The van der Waals surface area contributed by atoms with Crippen molar-refractivity contribution in [3.05, 3.63) is 0 Å². The van der Waals surface area contributed by atoms with E-state index >= 15 is 0 Å². The average molecular weight is 374 g/mol. The lowest BCUT2D eigenvalue weighted by atomic mass is 9.97. The largest absolute Gasteiger partial charge is 0.356 e. The first-order valence-electron chi connectivity index (χ1n) is 9.90. The van der Waals surface area contributed by atoms with Gasteiger partial charge in [0.1, 0.15) is 0 Å². The molecule has 1 amide bonds. The molecule has 0 aliphatic carbocycles. The van der Waals surface area contributed by atoms with E-state index in [0.29, 0.717) is 32.4 Å². The molecule has 0 saturated carbocycles. The van der Waals surface area contributed by atoms with Crippen LogP contribution in [0.25, 0.3) is 0 Å². The van der Waals surface area contributed by atoms with E-state index in [0.717, 1.165) is 25.4 Å². The lowest BCUT2D eigenvalue weighted by Gasteiger charge is -2.31. The Labute approximate surface area is 153 Å². The SMILES string of the molecule is CCCS(=O)(=O)N1CCC(C(=O)NCCCN2CCC(C)CC2)CC1. The third-order valence-corrected chi connectivity index (χ3v) is 7.58. The van der Waals surface area contributed by atoms with Gasteiger partial charge in [-0.3, -0.25) is 4.79 Å². The van der Waals surface area contributed by atoms with E-state index in [4.69, 9.17) is 0 Å². The molecule has 0 radical (unpaired) electrons. The van der Waals surface area contributed by atoms with Crippen molar-refractivity contribution in [3.8, 4) is 0 Å². The highest BCUT2D eigenvalue weighted by Gasteiger charge is 2.30. The van der Waals surface area contributed by atoms with Crippen molar-refractivity contribution in [1.29, 1.82) is 0 Å². The van der Waals surface area contributed by atoms with E-state index < -0.39 is 10.0 Å². The molecule has 0 bridgehead atoms. The summed E-state index contributed by atoms with van der Waals surface area (Å²) in [5, 5.41) is 3.05. The number of nitrogens with one attached hydrogen (secondary N) is 1. The molecule has 2 aliphatic rings. The van der Waals surface area contributed by atoms with Crippen LogP contribution < -0.4 is 5.32 Å². The van der Waals surface area contributed by atoms with Gasteiger partial charge in [0.15, 0.2) is 0 Å². The minimum atomic E-state index is -3.12. The van der Waals surface area contributed by atoms with Gasteiger partial charge in [0.05, 0.1) is 5.75 Å². The maximum Gasteiger partial charge on any atom is 0.223 e. The van der Waals surface area contributed by atoms with Gasteiger partial charge < -0.3 is 10.2 Å². The Balaban J connectivity index is 1.61. The second-order valence-electron chi connectivity index (χ2n) is 7.66. The Hall–Kier alpha value is -0.660. The van der Waals surface area contributed by atoms with Gasteiger partial charge in [0.2, 0.25) is 15.9 Å². The summed E-state index contributed by atoms with van der Waals surface area (Å²) in [5.41, 5.74) is 0. The number of hydrogen-bond donors (Lipinski definition) is 1. The van der Waals surface area contributed by atoms with Crippen LogP contribution in [0.15, 0.2) is 0 Å². The molecule has 0 unspecified atom stereocenters. The van der Waals surface area contributed by atoms with Crippen LogP contribution in [-0.2, 0) is 14.8 Å². The molecule has 25 heavy (non-hydrogen) atoms. The predicted octanol–water partition coefficient (Wildman–Crippen LogP) is 1.68. The molecule has 0 spiro atoms. The summed E-state index contributed by atoms with van der Waals surface area (Å²) >= 11 is 0. The lowest BCUT2D eigenvalue weighted by Crippen LogP contribution is -2.44. The molecular formula is C18H35N3O3S. The Morgan fingerprint density at radius 2 is 1.72 bits per heavy atom. The van der Waals surface area contributed by atoms with Gasteiger partial charge in [-0.05, 0) is 64.1 Å². The fraction of sp³-hybridized carbons (Fsp3) is 0.944. The highest BCUT2D eigenvalue weighted by Crippen LogP contribution is 2.20. The lowest BCUT2D eigenvalue weighted by molar-refractivity contribution is -0.126. The molecule has 146 valence electrons. The van der Waals surface area contributed by atoms with Crippen molar-refractivity contribution < 1.29 is 13.2 Å². The summed E-state index contributed by atoms with van der Waals surface area (Å²) in [6, 6.07) is 0. The van der Waals surface area contributed by atoms with E-state index in [1.807, 2.05) is 6.92 Å². The number of amides is 1. The average Bonchev–Trinajstić information content (AvgIpc) is 2.60. The Bertz CT molecular complexity index is 508. The zero-order valence-corrected chi connectivity index (χ0v) is 16.7. The summed E-state index contributed by atoms with van der Waals surface area (Å²) in [6.45, 7) is 9.29. The summed E-state index contributed by atoms with van der Waals surface area (Å²) in [4.78, 5) is 14.8. The number of likely N-dealkylation sites (tertiary alicyclic amines) is 1. The van der Waals surface area contributed by atoms with Gasteiger partial charge >= 0.3 is 0 Å². The van der Waals surface area contributed by atoms with Crippen molar-refractivity contribution >= 4 is 15.9 Å². The molecular weight excluding hydrogens is 338 g/mol. The first-order chi connectivity index (χ1) is 11.9. The van der Waals surface area contributed by atoms with Crippen LogP contribution in [0.4, 0.5) is 0 Å². The van der Waals surface area contributed by atoms with Crippen LogP contribution in [0.2, 0.25) is 0 Å². The molecule has 0 aromatic carbocycles. The van der Waals surface area contributed by atoms with Crippen LogP contribution in [0.5, 0.6) is 0 Å². The topological polar surface area (TPSA) is 69.7 Å². The van der Waals surface area contributed by atoms with E-state index in [9.17, 15) is 13.2 Å². The number of nitrogens with zero attached hydrogens (tertiary/aromatic N) is 2. The number of hydrogen-bond acceptors (Lipinski definition) is 4. The number of carbonyl (C=O) groups excluding carboxylic acids is 1. The molecule has 1 N–H and O–H groups in total. The van der Waals surface area contributed by atoms with E-state index in [2.05, 4.69) is 17.1 Å². The standard InChI is InChI=1S/C18H35N3O3S/c1-3-15-25(23,24)21-13-7-17(8-14-21)18(22)19-9-4-10-20-11-5-16(2)6-12-20/h16-17H,3-15H2,1-2H3,(H,19,22). The fourth-order valence-electron chi connectivity index (χ4n) is 3.73. The van der Waals surface area contributed by atoms with Gasteiger partial charge in [-0.15, -0.1) is 0 Å². The van der Waals surface area contributed by atoms with Gasteiger partial charge in [0.25, 0.3) is 0 Å². The molecule has 2 fully saturated rings. The molecule has 0 aromatic rings. The van der Waals surface area contributed by atoms with Crippen molar-refractivity contribution in [1.82, 2.24) is 14.5 Å². The van der Waals surface area contributed by atoms with Crippen molar-refractivity contribution in [3.63, 3.8) is 0 Å². The second-order valence-corrected chi connectivity index (χ2v) is 9.75. The first-order valence-corrected chi connectivity index (χ1v) is 11.5. The quantitative estimate of drug-likeness (QED) is 0.657. The van der Waals surface area contributed by atoms with E-state index in [1.54, 1.807) is 4.31 Å². The van der Waals surface area contributed by atoms with Crippen molar-refractivity contribution in [2.45, 2.75) is 52.4 Å². The van der Waals surface area contributed by atoms with Crippen LogP contribution in [-0.4, -0.2) is 68.6 Å². The smallest absolute Gasteiger partial charge is 0.223 e. The van der Waals surface area contributed by atoms with Crippen LogP contribution in [0.3, 0.4) is 0 Å². The zero-order valence-electron chi connectivity index (χ0n) is 15.9. The van der Waals surface area contributed by atoms with E-state index in [1.165, 1.54) is 25.9 Å². The highest BCUT2D eigenvalue weighted by atomic mass is 32.2. The third kappa shape index (κ3) is 6.53. The zero-order chi connectivity index (χ0) is 18.3. The van der Waals surface area contributed by atoms with Gasteiger partial charge in [0, 0.05) is 25.6 Å². The molecule has 0 aromatic heterocycles. The minimum absolute atomic E-state index is 0.0380. The molecule has 2 saturated heterocycles. The van der Waals surface area contributed by atoms with Crippen molar-refractivity contribution in [2.24, 2.45) is 11.8 Å². The fourth-order valence-corrected chi connectivity index (χ4v) is 5.27. The molecule has 2 aliphatic heterocycles. The van der Waals surface area contributed by atoms with Crippen LogP contribution in [0.1, 0.15) is 52.4 Å². The number of sulfonamides is 1. The van der Waals surface area contributed by atoms with Gasteiger partial charge in [-0.2, -0.15) is 0 Å². The second kappa shape index (κ2) is 9.88. The normalized spacial score (nSPS) is 22.2. The highest BCUT2D eigenvalue weighted by molar-refractivity contribution is 7.89. The number of piperidine rings is 2. The Morgan fingerprint density at radius 3 is 2.32 bits per heavy atom. The minimum Gasteiger partial charge on any atom is -0.356 e. The molecule has 2 rings (SSSR count). The predicted molar refractivity (Wildman–Crippen MR) is 101 cm³/mol. The number of carbonyl (C=O) groups is 1. The summed E-state index contributed by atoms with van der Waals surface area (Å²) in [7, 11) is -3.12. The summed E-state index contributed by atoms with van der Waals surface area (Å²) in [6.07, 6.45) is 5.47. The van der Waals surface area contributed by atoms with Crippen LogP contribution in [0, 0.1) is 11.8 Å². The molecule has 0 atom stereocenters. The van der Waals surface area contributed by atoms with E-state index in [-0.39, 0.29) is 17.6 Å². The number of rotatable bonds is 8. The van der Waals surface area contributed by atoms with Gasteiger partial charge in [-0.25, -0.2) is 12.7 Å². The maximum atomic E-state index is 12.3. The van der Waals surface area contributed by atoms with Crippen LogP contribution >= 0.6 is 0 Å². The monoisotopic (exact) mass is 373 g/mol. The summed E-state index contributed by atoms with van der Waals surface area (Å²) in [5.74, 6) is 1.12. The maximum absolute atomic E-state index is 12.3. The van der Waals surface area contributed by atoms with Gasteiger partial charge in [-0.1, -0.05) is 13.8 Å². The molecule has 2 heterocycles. The summed E-state index contributed by atoms with van der Waals surface area (Å²) < 4.78 is 25.7. The Kier molecular flexibility index (Phi) is 8.16.